The van der Waals surface area contributed by atoms with Gasteiger partial charge in [0.05, 0.1) is 26.4 Å². The van der Waals surface area contributed by atoms with Crippen molar-refractivity contribution in [3.63, 3.8) is 0 Å². The summed E-state index contributed by atoms with van der Waals surface area (Å²) in [5.74, 6) is -3.20. The topological polar surface area (TPSA) is 129 Å². The highest BCUT2D eigenvalue weighted by Crippen LogP contribution is 2.15. The van der Waals surface area contributed by atoms with Crippen LogP contribution in [0.15, 0.2) is 47.8 Å². The zero-order valence-electron chi connectivity index (χ0n) is 18.6. The van der Waals surface area contributed by atoms with E-state index in [0.717, 1.165) is 0 Å². The van der Waals surface area contributed by atoms with Crippen LogP contribution in [-0.4, -0.2) is 50.3 Å². The summed E-state index contributed by atoms with van der Waals surface area (Å²) in [7, 11) is 0. The van der Waals surface area contributed by atoms with Gasteiger partial charge in [-0.1, -0.05) is 0 Å². The van der Waals surface area contributed by atoms with E-state index < -0.39 is 23.9 Å². The maximum Gasteiger partial charge on any atom is 0.347 e. The quantitative estimate of drug-likeness (QED) is 0.162. The molecule has 1 aromatic rings. The van der Waals surface area contributed by atoms with Crippen LogP contribution in [0, 0.1) is 0 Å². The molecule has 10 nitrogen and oxygen atoms in total. The molecule has 32 heavy (non-hydrogen) atoms. The van der Waals surface area contributed by atoms with E-state index in [1.54, 1.807) is 52.0 Å². The van der Waals surface area contributed by atoms with Crippen molar-refractivity contribution in [3.8, 4) is 0 Å². The van der Waals surface area contributed by atoms with Gasteiger partial charge in [0.25, 0.3) is 0 Å². The van der Waals surface area contributed by atoms with Gasteiger partial charge in [0.2, 0.25) is 0 Å². The molecule has 174 valence electrons. The molecule has 0 unspecified atom stereocenters. The summed E-state index contributed by atoms with van der Waals surface area (Å²) in [6.45, 7) is 6.97. The van der Waals surface area contributed by atoms with Crippen LogP contribution in [0.5, 0.6) is 0 Å². The first-order valence-electron chi connectivity index (χ1n) is 10.1. The third kappa shape index (κ3) is 8.50. The van der Waals surface area contributed by atoms with Crippen LogP contribution in [0.25, 0.3) is 0 Å². The average molecular weight is 448 g/mol. The van der Waals surface area contributed by atoms with Crippen LogP contribution >= 0.6 is 0 Å². The SMILES string of the molecule is CCOC(=O)C(=CNc1ccc(NC=C(C(=O)OCC)C(=O)OCC)cc1)C(=O)OCC. The molecule has 0 fully saturated rings. The van der Waals surface area contributed by atoms with E-state index in [9.17, 15) is 19.2 Å². The molecule has 0 aliphatic rings. The minimum atomic E-state index is -0.799. The second-order valence-electron chi connectivity index (χ2n) is 5.86. The van der Waals surface area contributed by atoms with E-state index in [4.69, 9.17) is 18.9 Å². The van der Waals surface area contributed by atoms with Crippen molar-refractivity contribution >= 4 is 35.3 Å². The van der Waals surface area contributed by atoms with Crippen molar-refractivity contribution in [2.45, 2.75) is 27.7 Å². The van der Waals surface area contributed by atoms with Crippen LogP contribution < -0.4 is 10.6 Å². The lowest BCUT2D eigenvalue weighted by atomic mass is 10.2. The van der Waals surface area contributed by atoms with Crippen molar-refractivity contribution in [2.24, 2.45) is 0 Å². The Morgan fingerprint density at radius 1 is 0.594 bits per heavy atom. The Morgan fingerprint density at radius 2 is 0.844 bits per heavy atom. The molecule has 0 saturated carbocycles. The second-order valence-corrected chi connectivity index (χ2v) is 5.86. The maximum atomic E-state index is 12.0. The zero-order valence-corrected chi connectivity index (χ0v) is 18.6. The van der Waals surface area contributed by atoms with Gasteiger partial charge in [-0.15, -0.1) is 0 Å². The molecule has 0 bridgehead atoms. The minimum absolute atomic E-state index is 0.114. The van der Waals surface area contributed by atoms with E-state index in [1.165, 1.54) is 12.4 Å². The highest BCUT2D eigenvalue weighted by Gasteiger charge is 2.21. The predicted octanol–water partition coefficient (Wildman–Crippen LogP) is 2.53. The monoisotopic (exact) mass is 448 g/mol. The van der Waals surface area contributed by atoms with E-state index in [0.29, 0.717) is 11.4 Å². The normalized spacial score (nSPS) is 9.62. The lowest BCUT2D eigenvalue weighted by molar-refractivity contribution is -0.148. The number of hydrogen-bond donors (Lipinski definition) is 2. The van der Waals surface area contributed by atoms with Crippen molar-refractivity contribution in [3.05, 3.63) is 47.8 Å². The van der Waals surface area contributed by atoms with Gasteiger partial charge in [-0.25, -0.2) is 19.2 Å². The summed E-state index contributed by atoms with van der Waals surface area (Å²) >= 11 is 0. The molecule has 10 heteroatoms. The molecule has 0 heterocycles. The van der Waals surface area contributed by atoms with Gasteiger partial charge in [-0.05, 0) is 52.0 Å². The summed E-state index contributed by atoms with van der Waals surface area (Å²) in [5, 5.41) is 5.66. The predicted molar refractivity (Wildman–Crippen MR) is 116 cm³/mol. The minimum Gasteiger partial charge on any atom is -0.462 e. The van der Waals surface area contributed by atoms with Crippen LogP contribution in [-0.2, 0) is 38.1 Å². The number of benzene rings is 1. The highest BCUT2D eigenvalue weighted by molar-refractivity contribution is 6.14. The van der Waals surface area contributed by atoms with E-state index in [2.05, 4.69) is 10.6 Å². The molecule has 2 N–H and O–H groups in total. The number of esters is 4. The standard InChI is InChI=1S/C22H28N2O8/c1-5-29-19(25)17(20(26)30-6-2)13-23-15-9-11-16(12-10-15)24-14-18(21(27)31-7-3)22(28)32-8-4/h9-14,23-24H,5-8H2,1-4H3. The van der Waals surface area contributed by atoms with Gasteiger partial charge in [0, 0.05) is 23.8 Å². The first-order valence-corrected chi connectivity index (χ1v) is 10.1. The maximum absolute atomic E-state index is 12.0. The molecule has 0 aromatic heterocycles. The molecule has 0 radical (unpaired) electrons. The summed E-state index contributed by atoms with van der Waals surface area (Å²) in [4.78, 5) is 47.9. The Bertz CT molecular complexity index is 748. The first kappa shape index (κ1) is 26.2. The summed E-state index contributed by atoms with van der Waals surface area (Å²) in [6, 6.07) is 6.59. The number of rotatable bonds is 12. The number of anilines is 2. The fourth-order valence-electron chi connectivity index (χ4n) is 2.21. The zero-order chi connectivity index (χ0) is 23.9. The van der Waals surface area contributed by atoms with E-state index >= 15 is 0 Å². The summed E-state index contributed by atoms with van der Waals surface area (Å²) in [6.07, 6.45) is 2.41. The molecule has 0 aliphatic heterocycles. The lowest BCUT2D eigenvalue weighted by Gasteiger charge is -2.09. The number of carbonyl (C=O) groups is 4. The van der Waals surface area contributed by atoms with Crippen LogP contribution in [0.4, 0.5) is 11.4 Å². The van der Waals surface area contributed by atoms with Crippen molar-refractivity contribution < 1.29 is 38.1 Å². The number of nitrogens with one attached hydrogen (secondary N) is 2. The highest BCUT2D eigenvalue weighted by atomic mass is 16.6. The average Bonchev–Trinajstić information content (AvgIpc) is 2.76. The van der Waals surface area contributed by atoms with Crippen molar-refractivity contribution in [1.29, 1.82) is 0 Å². The number of ether oxygens (including phenoxy) is 4. The van der Waals surface area contributed by atoms with Crippen LogP contribution in [0.1, 0.15) is 27.7 Å². The van der Waals surface area contributed by atoms with Crippen LogP contribution in [0.3, 0.4) is 0 Å². The van der Waals surface area contributed by atoms with Gasteiger partial charge >= 0.3 is 23.9 Å². The Balaban J connectivity index is 2.94. The fraction of sp³-hybridized carbons (Fsp3) is 0.364. The lowest BCUT2D eigenvalue weighted by Crippen LogP contribution is -2.19. The second kappa shape index (κ2) is 14.2. The molecule has 0 atom stereocenters. The Morgan fingerprint density at radius 3 is 1.06 bits per heavy atom. The Kier molecular flexibility index (Phi) is 11.7. The third-order valence-corrected chi connectivity index (χ3v) is 3.63. The first-order chi connectivity index (χ1) is 15.4. The fourth-order valence-corrected chi connectivity index (χ4v) is 2.21. The molecule has 0 saturated heterocycles. The van der Waals surface area contributed by atoms with Gasteiger partial charge in [-0.2, -0.15) is 0 Å². The largest absolute Gasteiger partial charge is 0.462 e. The van der Waals surface area contributed by atoms with Gasteiger partial charge < -0.3 is 29.6 Å². The number of hydrogen-bond acceptors (Lipinski definition) is 10. The van der Waals surface area contributed by atoms with E-state index in [-0.39, 0.29) is 37.6 Å². The summed E-state index contributed by atoms with van der Waals surface area (Å²) in [5.41, 5.74) is 0.572. The molecule has 0 amide bonds. The summed E-state index contributed by atoms with van der Waals surface area (Å²) < 4.78 is 19.5. The van der Waals surface area contributed by atoms with Gasteiger partial charge in [0.15, 0.2) is 11.1 Å². The van der Waals surface area contributed by atoms with Crippen molar-refractivity contribution in [2.75, 3.05) is 37.1 Å². The molecular formula is C22H28N2O8. The smallest absolute Gasteiger partial charge is 0.347 e. The van der Waals surface area contributed by atoms with Crippen molar-refractivity contribution in [1.82, 2.24) is 0 Å². The molecule has 0 aliphatic carbocycles. The third-order valence-electron chi connectivity index (χ3n) is 3.63. The number of carbonyl (C=O) groups excluding carboxylic acids is 4. The van der Waals surface area contributed by atoms with Crippen LogP contribution in [0.2, 0.25) is 0 Å². The molecular weight excluding hydrogens is 420 g/mol. The van der Waals surface area contributed by atoms with Gasteiger partial charge in [-0.3, -0.25) is 0 Å². The molecule has 1 rings (SSSR count). The molecule has 1 aromatic carbocycles. The molecule has 0 spiro atoms. The van der Waals surface area contributed by atoms with Gasteiger partial charge in [0.1, 0.15) is 0 Å². The Hall–Kier alpha value is -3.82. The van der Waals surface area contributed by atoms with E-state index in [1.807, 2.05) is 0 Å². The Labute approximate surface area is 186 Å².